The van der Waals surface area contributed by atoms with Crippen molar-refractivity contribution >= 4 is 15.7 Å². The summed E-state index contributed by atoms with van der Waals surface area (Å²) in [6.45, 7) is 2.86. The van der Waals surface area contributed by atoms with Gasteiger partial charge in [0.2, 0.25) is 0 Å². The summed E-state index contributed by atoms with van der Waals surface area (Å²) in [4.78, 5) is 0.161. The highest BCUT2D eigenvalue weighted by atomic mass is 32.2. The predicted octanol–water partition coefficient (Wildman–Crippen LogP) is 0.975. The zero-order chi connectivity index (χ0) is 14.8. The first kappa shape index (κ1) is 14.5. The van der Waals surface area contributed by atoms with Crippen molar-refractivity contribution in [3.05, 3.63) is 42.2 Å². The highest BCUT2D eigenvalue weighted by molar-refractivity contribution is 7.92. The molecule has 2 N–H and O–H groups in total. The summed E-state index contributed by atoms with van der Waals surface area (Å²) in [5.74, 6) is 0. The van der Waals surface area contributed by atoms with Crippen molar-refractivity contribution in [3.8, 4) is 0 Å². The third-order valence-corrected chi connectivity index (χ3v) is 4.76. The zero-order valence-corrected chi connectivity index (χ0v) is 12.3. The molecule has 0 unspecified atom stereocenters. The van der Waals surface area contributed by atoms with Crippen LogP contribution in [0.3, 0.4) is 0 Å². The Labute approximate surface area is 118 Å². The van der Waals surface area contributed by atoms with Gasteiger partial charge < -0.3 is 5.73 Å². The van der Waals surface area contributed by atoms with Crippen molar-refractivity contribution in [2.45, 2.75) is 18.4 Å². The molecule has 0 saturated carbocycles. The van der Waals surface area contributed by atoms with E-state index in [1.54, 1.807) is 12.1 Å². The van der Waals surface area contributed by atoms with E-state index in [9.17, 15) is 8.42 Å². The van der Waals surface area contributed by atoms with Gasteiger partial charge in [-0.15, -0.1) is 0 Å². The maximum atomic E-state index is 12.5. The lowest BCUT2D eigenvalue weighted by molar-refractivity contribution is 0.593. The summed E-state index contributed by atoms with van der Waals surface area (Å²) < 4.78 is 27.7. The van der Waals surface area contributed by atoms with E-state index < -0.39 is 10.0 Å². The van der Waals surface area contributed by atoms with Gasteiger partial charge >= 0.3 is 0 Å². The van der Waals surface area contributed by atoms with Gasteiger partial charge in [0.15, 0.2) is 0 Å². The third kappa shape index (κ3) is 2.83. The fraction of sp³-hybridized carbons (Fsp3) is 0.308. The molecule has 6 nitrogen and oxygen atoms in total. The first-order valence-corrected chi connectivity index (χ1v) is 7.67. The normalized spacial score (nSPS) is 11.6. The van der Waals surface area contributed by atoms with E-state index in [1.165, 1.54) is 28.4 Å². The van der Waals surface area contributed by atoms with Gasteiger partial charge in [-0.2, -0.15) is 5.10 Å². The minimum atomic E-state index is -3.59. The minimum Gasteiger partial charge on any atom is -0.329 e. The molecular weight excluding hydrogens is 276 g/mol. The van der Waals surface area contributed by atoms with Crippen molar-refractivity contribution in [3.63, 3.8) is 0 Å². The van der Waals surface area contributed by atoms with Crippen LogP contribution >= 0.6 is 0 Å². The van der Waals surface area contributed by atoms with Gasteiger partial charge in [-0.05, 0) is 19.1 Å². The van der Waals surface area contributed by atoms with Crippen molar-refractivity contribution in [1.82, 2.24) is 9.78 Å². The number of nitrogens with zero attached hydrogens (tertiary/aromatic N) is 3. The molecular formula is C13H18N4O2S. The topological polar surface area (TPSA) is 81.2 Å². The first-order valence-electron chi connectivity index (χ1n) is 6.23. The first-order chi connectivity index (χ1) is 9.45. The zero-order valence-electron chi connectivity index (χ0n) is 11.5. The van der Waals surface area contributed by atoms with Gasteiger partial charge in [0.05, 0.1) is 18.4 Å². The highest BCUT2D eigenvalue weighted by Crippen LogP contribution is 2.21. The lowest BCUT2D eigenvalue weighted by Crippen LogP contribution is -2.26. The average molecular weight is 294 g/mol. The predicted molar refractivity (Wildman–Crippen MR) is 78.0 cm³/mol. The summed E-state index contributed by atoms with van der Waals surface area (Å²) in [5.41, 5.74) is 7.12. The number of hydrogen-bond donors (Lipinski definition) is 1. The van der Waals surface area contributed by atoms with Crippen LogP contribution in [0, 0.1) is 6.92 Å². The number of hydrogen-bond acceptors (Lipinski definition) is 4. The van der Waals surface area contributed by atoms with Crippen LogP contribution in [0.4, 0.5) is 5.69 Å². The van der Waals surface area contributed by atoms with Gasteiger partial charge in [0.1, 0.15) is 4.90 Å². The number of nitrogens with two attached hydrogens (primary N) is 1. The molecule has 0 amide bonds. The second-order valence-electron chi connectivity index (χ2n) is 4.54. The number of benzene rings is 1. The molecule has 7 heteroatoms. The van der Waals surface area contributed by atoms with Crippen LogP contribution in [0.15, 0.2) is 41.6 Å². The molecule has 1 aromatic heterocycles. The number of sulfonamides is 1. The Hall–Kier alpha value is -1.86. The van der Waals surface area contributed by atoms with Crippen LogP contribution < -0.4 is 10.0 Å². The van der Waals surface area contributed by atoms with Crippen LogP contribution in [0.5, 0.6) is 0 Å². The molecule has 108 valence electrons. The van der Waals surface area contributed by atoms with Crippen molar-refractivity contribution in [2.24, 2.45) is 5.73 Å². The largest absolute Gasteiger partial charge is 0.329 e. The second kappa shape index (κ2) is 5.64. The van der Waals surface area contributed by atoms with E-state index in [0.717, 1.165) is 5.56 Å². The molecule has 2 aromatic rings. The summed E-state index contributed by atoms with van der Waals surface area (Å²) >= 11 is 0. The lowest BCUT2D eigenvalue weighted by Gasteiger charge is -2.18. The van der Waals surface area contributed by atoms with Gasteiger partial charge in [-0.1, -0.05) is 17.7 Å². The van der Waals surface area contributed by atoms with Crippen LogP contribution in [0.2, 0.25) is 0 Å². The quantitative estimate of drug-likeness (QED) is 0.891. The fourth-order valence-electron chi connectivity index (χ4n) is 1.78. The monoisotopic (exact) mass is 294 g/mol. The van der Waals surface area contributed by atoms with Gasteiger partial charge in [-0.3, -0.25) is 8.99 Å². The molecule has 1 heterocycles. The second-order valence-corrected chi connectivity index (χ2v) is 6.51. The van der Waals surface area contributed by atoms with Crippen LogP contribution in [0.1, 0.15) is 5.56 Å². The molecule has 0 atom stereocenters. The lowest BCUT2D eigenvalue weighted by atomic mass is 10.2. The molecule has 2 rings (SSSR count). The molecule has 0 spiro atoms. The summed E-state index contributed by atoms with van der Waals surface area (Å²) in [5, 5.41) is 3.99. The minimum absolute atomic E-state index is 0.161. The molecule has 1 aromatic carbocycles. The van der Waals surface area contributed by atoms with Crippen LogP contribution in [-0.4, -0.2) is 31.8 Å². The number of aromatic nitrogens is 2. The molecule has 0 aliphatic rings. The maximum absolute atomic E-state index is 12.5. The maximum Gasteiger partial charge on any atom is 0.267 e. The Morgan fingerprint density at radius 3 is 2.55 bits per heavy atom. The van der Waals surface area contributed by atoms with E-state index in [2.05, 4.69) is 5.10 Å². The van der Waals surface area contributed by atoms with E-state index in [4.69, 9.17) is 5.73 Å². The summed E-state index contributed by atoms with van der Waals surface area (Å²) in [6.07, 6.45) is 2.84. The summed E-state index contributed by atoms with van der Waals surface area (Å²) in [6, 6.07) is 7.30. The van der Waals surface area contributed by atoms with Crippen LogP contribution in [0.25, 0.3) is 0 Å². The standard InChI is InChI=1S/C13H18N4O2S/c1-11-3-5-12(6-4-11)16(2)20(18,19)13-9-15-17(10-13)8-7-14/h3-6,9-10H,7-8,14H2,1-2H3. The Morgan fingerprint density at radius 2 is 1.95 bits per heavy atom. The van der Waals surface area contributed by atoms with Gasteiger partial charge in [0, 0.05) is 19.8 Å². The van der Waals surface area contributed by atoms with Crippen LogP contribution in [-0.2, 0) is 16.6 Å². The molecule has 0 aliphatic carbocycles. The van der Waals surface area contributed by atoms with Gasteiger partial charge in [-0.25, -0.2) is 8.42 Å². The Bertz CT molecular complexity index is 677. The molecule has 0 fully saturated rings. The van der Waals surface area contributed by atoms with Crippen molar-refractivity contribution < 1.29 is 8.42 Å². The Kier molecular flexibility index (Phi) is 4.10. The van der Waals surface area contributed by atoms with E-state index >= 15 is 0 Å². The number of aryl methyl sites for hydroxylation is 1. The van der Waals surface area contributed by atoms with Crippen molar-refractivity contribution in [1.29, 1.82) is 0 Å². The van der Waals surface area contributed by atoms with E-state index in [1.807, 2.05) is 19.1 Å². The average Bonchev–Trinajstić information content (AvgIpc) is 2.88. The smallest absolute Gasteiger partial charge is 0.267 e. The molecule has 20 heavy (non-hydrogen) atoms. The summed E-state index contributed by atoms with van der Waals surface area (Å²) in [7, 11) is -2.07. The Morgan fingerprint density at radius 1 is 1.30 bits per heavy atom. The Balaban J connectivity index is 2.30. The molecule has 0 radical (unpaired) electrons. The fourth-order valence-corrected chi connectivity index (χ4v) is 2.93. The third-order valence-electron chi connectivity index (χ3n) is 3.02. The SMILES string of the molecule is Cc1ccc(N(C)S(=O)(=O)c2cnn(CCN)c2)cc1. The molecule has 0 bridgehead atoms. The highest BCUT2D eigenvalue weighted by Gasteiger charge is 2.22. The number of rotatable bonds is 5. The number of anilines is 1. The van der Waals surface area contributed by atoms with Gasteiger partial charge in [0.25, 0.3) is 10.0 Å². The van der Waals surface area contributed by atoms with E-state index in [-0.39, 0.29) is 4.90 Å². The van der Waals surface area contributed by atoms with Crippen molar-refractivity contribution in [2.75, 3.05) is 17.9 Å². The van der Waals surface area contributed by atoms with E-state index in [0.29, 0.717) is 18.8 Å². The molecule has 0 aliphatic heterocycles. The molecule has 0 saturated heterocycles.